The summed E-state index contributed by atoms with van der Waals surface area (Å²) in [4.78, 5) is 32.3. The Labute approximate surface area is 159 Å². The Hall–Kier alpha value is -2.95. The molecule has 0 unspecified atom stereocenters. The number of para-hydroxylation sites is 3. The molecular formula is C22H23N3O2. The first-order chi connectivity index (χ1) is 13.2. The van der Waals surface area contributed by atoms with Gasteiger partial charge in [0.1, 0.15) is 6.54 Å². The predicted molar refractivity (Wildman–Crippen MR) is 108 cm³/mol. The third-order valence-electron chi connectivity index (χ3n) is 5.30. The molecule has 138 valence electrons. The van der Waals surface area contributed by atoms with Crippen LogP contribution < -0.4 is 10.2 Å². The van der Waals surface area contributed by atoms with E-state index in [1.54, 1.807) is 4.90 Å². The average molecular weight is 361 g/mol. The third kappa shape index (κ3) is 3.37. The Kier molecular flexibility index (Phi) is 4.75. The Morgan fingerprint density at radius 3 is 2.81 bits per heavy atom. The van der Waals surface area contributed by atoms with Crippen LogP contribution in [0, 0.1) is 5.92 Å². The van der Waals surface area contributed by atoms with Gasteiger partial charge in [0.05, 0.1) is 17.3 Å². The summed E-state index contributed by atoms with van der Waals surface area (Å²) < 4.78 is 0. The number of anilines is 2. The molecule has 5 heteroatoms. The Balaban J connectivity index is 1.61. The largest absolute Gasteiger partial charge is 0.324 e. The van der Waals surface area contributed by atoms with Crippen molar-refractivity contribution in [3.05, 3.63) is 54.1 Å². The fourth-order valence-electron chi connectivity index (χ4n) is 3.92. The average Bonchev–Trinajstić information content (AvgIpc) is 3.11. The van der Waals surface area contributed by atoms with Crippen molar-refractivity contribution in [1.29, 1.82) is 0 Å². The van der Waals surface area contributed by atoms with Gasteiger partial charge in [-0.1, -0.05) is 37.3 Å². The normalized spacial score (nSPS) is 18.4. The minimum Gasteiger partial charge on any atom is -0.324 e. The van der Waals surface area contributed by atoms with E-state index >= 15 is 0 Å². The molecule has 0 saturated heterocycles. The van der Waals surface area contributed by atoms with E-state index in [9.17, 15) is 9.59 Å². The molecule has 1 aliphatic heterocycles. The molecule has 2 aromatic rings. The zero-order chi connectivity index (χ0) is 18.8. The van der Waals surface area contributed by atoms with E-state index in [0.717, 1.165) is 48.3 Å². The number of carbonyl (C=O) groups is 2. The maximum atomic E-state index is 13.2. The lowest BCUT2D eigenvalue weighted by Gasteiger charge is -2.24. The highest BCUT2D eigenvalue weighted by molar-refractivity contribution is 6.16. The fourth-order valence-corrected chi connectivity index (χ4v) is 3.92. The van der Waals surface area contributed by atoms with Crippen LogP contribution in [-0.4, -0.2) is 24.1 Å². The minimum absolute atomic E-state index is 0.00675. The van der Waals surface area contributed by atoms with Gasteiger partial charge in [-0.05, 0) is 49.4 Å². The van der Waals surface area contributed by atoms with Gasteiger partial charge in [-0.2, -0.15) is 0 Å². The van der Waals surface area contributed by atoms with Crippen LogP contribution in [0.1, 0.15) is 31.7 Å². The van der Waals surface area contributed by atoms with Crippen LogP contribution in [0.15, 0.2) is 53.5 Å². The predicted octanol–water partition coefficient (Wildman–Crippen LogP) is 4.11. The monoisotopic (exact) mass is 361 g/mol. The number of carbonyl (C=O) groups excluding carboxylic acids is 2. The number of hydrogen-bond acceptors (Lipinski definition) is 3. The molecule has 27 heavy (non-hydrogen) atoms. The molecule has 1 aliphatic carbocycles. The summed E-state index contributed by atoms with van der Waals surface area (Å²) >= 11 is 0. The van der Waals surface area contributed by atoms with Gasteiger partial charge in [0, 0.05) is 11.4 Å². The molecule has 1 heterocycles. The lowest BCUT2D eigenvalue weighted by atomic mass is 10.1. The topological polar surface area (TPSA) is 61.8 Å². The SMILES string of the molecule is CCc1ccccc1NC(=O)CN1C(=O)[C@H]2CCCC2=Nc2ccccc21. The second kappa shape index (κ2) is 7.35. The standard InChI is InChI=1S/C22H23N3O2/c1-2-15-8-3-4-10-17(15)24-21(26)14-25-20-13-6-5-11-19(20)23-18-12-7-9-16(18)22(25)27/h3-6,8,10-11,13,16H,2,7,9,12,14H2,1H3,(H,24,26)/t16-/m0/s1. The molecule has 2 aromatic carbocycles. The van der Waals surface area contributed by atoms with Crippen LogP contribution in [0.4, 0.5) is 17.1 Å². The summed E-state index contributed by atoms with van der Waals surface area (Å²) in [6, 6.07) is 15.3. The van der Waals surface area contributed by atoms with Crippen LogP contribution >= 0.6 is 0 Å². The van der Waals surface area contributed by atoms with Crippen molar-refractivity contribution in [2.45, 2.75) is 32.6 Å². The zero-order valence-corrected chi connectivity index (χ0v) is 15.4. The van der Waals surface area contributed by atoms with Gasteiger partial charge in [0.2, 0.25) is 11.8 Å². The van der Waals surface area contributed by atoms with Crippen molar-refractivity contribution < 1.29 is 9.59 Å². The maximum absolute atomic E-state index is 13.2. The van der Waals surface area contributed by atoms with Gasteiger partial charge in [-0.25, -0.2) is 0 Å². The summed E-state index contributed by atoms with van der Waals surface area (Å²) in [5.41, 5.74) is 4.32. The van der Waals surface area contributed by atoms with E-state index < -0.39 is 0 Å². The number of rotatable bonds is 4. The molecule has 0 aromatic heterocycles. The molecule has 0 radical (unpaired) electrons. The summed E-state index contributed by atoms with van der Waals surface area (Å²) in [7, 11) is 0. The third-order valence-corrected chi connectivity index (χ3v) is 5.30. The van der Waals surface area contributed by atoms with Gasteiger partial charge in [0.15, 0.2) is 0 Å². The molecule has 1 saturated carbocycles. The van der Waals surface area contributed by atoms with E-state index in [4.69, 9.17) is 4.99 Å². The summed E-state index contributed by atoms with van der Waals surface area (Å²) in [6.07, 6.45) is 3.47. The number of fused-ring (bicyclic) bond motifs is 2. The molecule has 0 bridgehead atoms. The molecule has 0 spiro atoms. The quantitative estimate of drug-likeness (QED) is 0.891. The van der Waals surface area contributed by atoms with Gasteiger partial charge in [-0.15, -0.1) is 0 Å². The van der Waals surface area contributed by atoms with E-state index in [0.29, 0.717) is 5.69 Å². The molecule has 2 aliphatic rings. The second-order valence-corrected chi connectivity index (χ2v) is 7.02. The van der Waals surface area contributed by atoms with Crippen molar-refractivity contribution in [2.75, 3.05) is 16.8 Å². The lowest BCUT2D eigenvalue weighted by Crippen LogP contribution is -2.42. The molecular weight excluding hydrogens is 338 g/mol. The number of aliphatic imine (C=N–C) groups is 1. The number of nitrogens with zero attached hydrogens (tertiary/aromatic N) is 2. The Morgan fingerprint density at radius 2 is 1.96 bits per heavy atom. The van der Waals surface area contributed by atoms with Gasteiger partial charge < -0.3 is 10.2 Å². The summed E-state index contributed by atoms with van der Waals surface area (Å²) in [5, 5.41) is 2.97. The highest BCUT2D eigenvalue weighted by Gasteiger charge is 2.37. The summed E-state index contributed by atoms with van der Waals surface area (Å²) in [5.74, 6) is -0.413. The van der Waals surface area contributed by atoms with E-state index in [-0.39, 0.29) is 24.3 Å². The van der Waals surface area contributed by atoms with E-state index in [1.165, 1.54) is 0 Å². The van der Waals surface area contributed by atoms with Crippen molar-refractivity contribution >= 4 is 34.6 Å². The van der Waals surface area contributed by atoms with Crippen LogP contribution in [0.2, 0.25) is 0 Å². The smallest absolute Gasteiger partial charge is 0.244 e. The second-order valence-electron chi connectivity index (χ2n) is 7.02. The van der Waals surface area contributed by atoms with Crippen molar-refractivity contribution in [1.82, 2.24) is 0 Å². The van der Waals surface area contributed by atoms with Crippen molar-refractivity contribution in [3.8, 4) is 0 Å². The number of nitrogens with one attached hydrogen (secondary N) is 1. The van der Waals surface area contributed by atoms with E-state index in [1.807, 2.05) is 48.5 Å². The zero-order valence-electron chi connectivity index (χ0n) is 15.4. The molecule has 1 atom stereocenters. The minimum atomic E-state index is -0.201. The first-order valence-corrected chi connectivity index (χ1v) is 9.53. The first kappa shape index (κ1) is 17.5. The highest BCUT2D eigenvalue weighted by atomic mass is 16.2. The molecule has 2 amide bonds. The highest BCUT2D eigenvalue weighted by Crippen LogP contribution is 2.37. The maximum Gasteiger partial charge on any atom is 0.244 e. The molecule has 1 N–H and O–H groups in total. The van der Waals surface area contributed by atoms with Crippen LogP contribution in [-0.2, 0) is 16.0 Å². The number of benzene rings is 2. The van der Waals surface area contributed by atoms with Crippen LogP contribution in [0.5, 0.6) is 0 Å². The van der Waals surface area contributed by atoms with Crippen molar-refractivity contribution in [2.24, 2.45) is 10.9 Å². The number of aryl methyl sites for hydroxylation is 1. The molecule has 5 nitrogen and oxygen atoms in total. The first-order valence-electron chi connectivity index (χ1n) is 9.53. The number of hydrogen-bond donors (Lipinski definition) is 1. The van der Waals surface area contributed by atoms with Crippen LogP contribution in [0.3, 0.4) is 0 Å². The van der Waals surface area contributed by atoms with Gasteiger partial charge in [-0.3, -0.25) is 14.6 Å². The van der Waals surface area contributed by atoms with Crippen LogP contribution in [0.25, 0.3) is 0 Å². The lowest BCUT2D eigenvalue weighted by molar-refractivity contribution is -0.122. The molecule has 1 fully saturated rings. The number of amides is 2. The van der Waals surface area contributed by atoms with E-state index in [2.05, 4.69) is 12.2 Å². The fraction of sp³-hybridized carbons (Fsp3) is 0.318. The summed E-state index contributed by atoms with van der Waals surface area (Å²) in [6.45, 7) is 2.05. The van der Waals surface area contributed by atoms with Gasteiger partial charge in [0.25, 0.3) is 0 Å². The Bertz CT molecular complexity index is 919. The Morgan fingerprint density at radius 1 is 1.19 bits per heavy atom. The van der Waals surface area contributed by atoms with Gasteiger partial charge >= 0.3 is 0 Å². The molecule has 4 rings (SSSR count). The van der Waals surface area contributed by atoms with Crippen molar-refractivity contribution in [3.63, 3.8) is 0 Å².